The molecule has 1 aliphatic rings. The Bertz CT molecular complexity index is 798. The average Bonchev–Trinajstić information content (AvgIpc) is 2.75. The van der Waals surface area contributed by atoms with Crippen molar-refractivity contribution < 1.29 is 9.59 Å². The fourth-order valence-electron chi connectivity index (χ4n) is 2.30. The van der Waals surface area contributed by atoms with Crippen molar-refractivity contribution in [3.05, 3.63) is 58.1 Å². The van der Waals surface area contributed by atoms with Crippen molar-refractivity contribution in [2.75, 3.05) is 10.6 Å². The molecule has 1 heterocycles. The minimum Gasteiger partial charge on any atom is -0.398 e. The summed E-state index contributed by atoms with van der Waals surface area (Å²) in [5, 5.41) is 9.10. The normalized spacial score (nSPS) is 13.2. The van der Waals surface area contributed by atoms with Gasteiger partial charge in [0, 0.05) is 5.69 Å². The number of imide groups is 1. The molecular formula is C15H8ClN3O2. The van der Waals surface area contributed by atoms with E-state index in [0.717, 1.165) is 4.90 Å². The lowest BCUT2D eigenvalue weighted by molar-refractivity contribution is 0.0926. The fourth-order valence-corrected chi connectivity index (χ4v) is 2.54. The van der Waals surface area contributed by atoms with Gasteiger partial charge < -0.3 is 5.73 Å². The molecule has 0 saturated carbocycles. The monoisotopic (exact) mass is 297 g/mol. The fraction of sp³-hybridized carbons (Fsp3) is 0. The van der Waals surface area contributed by atoms with Crippen molar-refractivity contribution in [1.29, 1.82) is 5.26 Å². The summed E-state index contributed by atoms with van der Waals surface area (Å²) in [4.78, 5) is 25.9. The third-order valence-corrected chi connectivity index (χ3v) is 3.57. The number of nitrogen functional groups attached to an aromatic ring is 1. The predicted molar refractivity (Wildman–Crippen MR) is 78.2 cm³/mol. The highest BCUT2D eigenvalue weighted by atomic mass is 35.5. The number of nitriles is 1. The lowest BCUT2D eigenvalue weighted by Gasteiger charge is -2.13. The largest absolute Gasteiger partial charge is 0.398 e. The number of hydrogen-bond donors (Lipinski definition) is 1. The van der Waals surface area contributed by atoms with Crippen LogP contribution in [0.5, 0.6) is 0 Å². The first-order valence-corrected chi connectivity index (χ1v) is 6.39. The number of fused-ring (bicyclic) bond motifs is 1. The summed E-state index contributed by atoms with van der Waals surface area (Å²) in [6, 6.07) is 11.2. The number of halogens is 1. The van der Waals surface area contributed by atoms with Crippen LogP contribution >= 0.6 is 11.6 Å². The Morgan fingerprint density at radius 1 is 1.10 bits per heavy atom. The number of rotatable bonds is 1. The first kappa shape index (κ1) is 13.2. The summed E-state index contributed by atoms with van der Waals surface area (Å²) >= 11 is 6.01. The molecule has 102 valence electrons. The molecule has 0 spiro atoms. The first-order valence-electron chi connectivity index (χ1n) is 6.01. The van der Waals surface area contributed by atoms with E-state index in [0.29, 0.717) is 11.3 Å². The van der Waals surface area contributed by atoms with Crippen molar-refractivity contribution in [2.24, 2.45) is 0 Å². The van der Waals surface area contributed by atoms with E-state index in [1.54, 1.807) is 18.2 Å². The third-order valence-electron chi connectivity index (χ3n) is 3.25. The zero-order valence-corrected chi connectivity index (χ0v) is 11.4. The minimum absolute atomic E-state index is 0.101. The van der Waals surface area contributed by atoms with Gasteiger partial charge in [-0.3, -0.25) is 9.59 Å². The Labute approximate surface area is 125 Å². The van der Waals surface area contributed by atoms with Gasteiger partial charge >= 0.3 is 0 Å². The summed E-state index contributed by atoms with van der Waals surface area (Å²) in [6.07, 6.45) is 0. The van der Waals surface area contributed by atoms with Crippen LogP contribution in [0.2, 0.25) is 5.02 Å². The van der Waals surface area contributed by atoms with Gasteiger partial charge in [0.25, 0.3) is 11.8 Å². The number of anilines is 2. The van der Waals surface area contributed by atoms with E-state index in [2.05, 4.69) is 0 Å². The highest BCUT2D eigenvalue weighted by Gasteiger charge is 2.40. The first-order chi connectivity index (χ1) is 10.0. The second-order valence-corrected chi connectivity index (χ2v) is 4.90. The Hall–Kier alpha value is -2.84. The van der Waals surface area contributed by atoms with E-state index in [-0.39, 0.29) is 21.8 Å². The molecule has 0 aromatic heterocycles. The van der Waals surface area contributed by atoms with E-state index in [1.807, 2.05) is 6.07 Å². The molecule has 0 atom stereocenters. The van der Waals surface area contributed by atoms with Crippen molar-refractivity contribution >= 4 is 34.8 Å². The maximum atomic E-state index is 12.5. The molecular weight excluding hydrogens is 290 g/mol. The van der Waals surface area contributed by atoms with Gasteiger partial charge in [0.15, 0.2) is 0 Å². The topological polar surface area (TPSA) is 87.2 Å². The van der Waals surface area contributed by atoms with Crippen molar-refractivity contribution in [3.8, 4) is 6.07 Å². The minimum atomic E-state index is -0.539. The maximum absolute atomic E-state index is 12.5. The second-order valence-electron chi connectivity index (χ2n) is 4.49. The van der Waals surface area contributed by atoms with Crippen LogP contribution < -0.4 is 10.6 Å². The quantitative estimate of drug-likeness (QED) is 0.647. The number of carbonyl (C=O) groups is 2. The van der Waals surface area contributed by atoms with E-state index in [9.17, 15) is 9.59 Å². The van der Waals surface area contributed by atoms with E-state index >= 15 is 0 Å². The van der Waals surface area contributed by atoms with Crippen molar-refractivity contribution in [1.82, 2.24) is 0 Å². The molecule has 5 nitrogen and oxygen atoms in total. The number of benzene rings is 2. The van der Waals surface area contributed by atoms with Crippen molar-refractivity contribution in [2.45, 2.75) is 0 Å². The molecule has 6 heteroatoms. The number of carbonyl (C=O) groups excluding carboxylic acids is 2. The lowest BCUT2D eigenvalue weighted by atomic mass is 10.1. The van der Waals surface area contributed by atoms with E-state index in [4.69, 9.17) is 22.6 Å². The van der Waals surface area contributed by atoms with Gasteiger partial charge in [-0.1, -0.05) is 17.7 Å². The molecule has 0 unspecified atom stereocenters. The molecule has 2 amide bonds. The van der Waals surface area contributed by atoms with Crippen LogP contribution in [0, 0.1) is 11.3 Å². The summed E-state index contributed by atoms with van der Waals surface area (Å²) in [6.45, 7) is 0. The van der Waals surface area contributed by atoms with Gasteiger partial charge in [-0.15, -0.1) is 0 Å². The zero-order chi connectivity index (χ0) is 15.1. The zero-order valence-electron chi connectivity index (χ0n) is 10.6. The molecule has 21 heavy (non-hydrogen) atoms. The number of nitrogens with zero attached hydrogens (tertiary/aromatic N) is 2. The number of nitrogens with two attached hydrogens (primary N) is 1. The molecule has 0 fully saturated rings. The van der Waals surface area contributed by atoms with Gasteiger partial charge in [-0.25, -0.2) is 4.90 Å². The maximum Gasteiger partial charge on any atom is 0.268 e. The van der Waals surface area contributed by atoms with Crippen LogP contribution in [0.4, 0.5) is 11.4 Å². The molecule has 2 aromatic carbocycles. The second kappa shape index (κ2) is 4.62. The van der Waals surface area contributed by atoms with Crippen molar-refractivity contribution in [3.63, 3.8) is 0 Å². The van der Waals surface area contributed by atoms with Gasteiger partial charge in [-0.05, 0) is 30.3 Å². The SMILES string of the molecule is N#Cc1cccc(N2C(=O)c3c(N)ccc(Cl)c3C2=O)c1. The van der Waals surface area contributed by atoms with Gasteiger partial charge in [-0.2, -0.15) is 5.26 Å². The van der Waals surface area contributed by atoms with Crippen LogP contribution in [0.1, 0.15) is 26.3 Å². The van der Waals surface area contributed by atoms with Crippen LogP contribution in [0.15, 0.2) is 36.4 Å². The van der Waals surface area contributed by atoms with Crippen LogP contribution in [-0.2, 0) is 0 Å². The Morgan fingerprint density at radius 2 is 1.81 bits per heavy atom. The summed E-state index contributed by atoms with van der Waals surface area (Å²) in [7, 11) is 0. The summed E-state index contributed by atoms with van der Waals surface area (Å²) < 4.78 is 0. The predicted octanol–water partition coefficient (Wildman–Crippen LogP) is 2.59. The molecule has 3 rings (SSSR count). The van der Waals surface area contributed by atoms with Crippen LogP contribution in [-0.4, -0.2) is 11.8 Å². The molecule has 0 bridgehead atoms. The van der Waals surface area contributed by atoms with Crippen LogP contribution in [0.3, 0.4) is 0 Å². The number of hydrogen-bond acceptors (Lipinski definition) is 4. The lowest BCUT2D eigenvalue weighted by Crippen LogP contribution is -2.29. The average molecular weight is 298 g/mol. The van der Waals surface area contributed by atoms with Gasteiger partial charge in [0.2, 0.25) is 0 Å². The Balaban J connectivity index is 2.19. The molecule has 1 aliphatic heterocycles. The summed E-state index contributed by atoms with van der Waals surface area (Å²) in [5.74, 6) is -1.08. The molecule has 0 aliphatic carbocycles. The number of amides is 2. The molecule has 2 aromatic rings. The Morgan fingerprint density at radius 3 is 2.48 bits per heavy atom. The molecule has 0 radical (unpaired) electrons. The highest BCUT2D eigenvalue weighted by molar-refractivity contribution is 6.43. The van der Waals surface area contributed by atoms with E-state index < -0.39 is 11.8 Å². The Kier molecular flexibility index (Phi) is 2.89. The van der Waals surface area contributed by atoms with Crippen LogP contribution in [0.25, 0.3) is 0 Å². The standard InChI is InChI=1S/C15H8ClN3O2/c16-10-4-5-11(18)13-12(10)14(20)19(15(13)21)9-3-1-2-8(6-9)7-17/h1-6H,18H2. The molecule has 2 N–H and O–H groups in total. The van der Waals surface area contributed by atoms with Gasteiger partial charge in [0.05, 0.1) is 33.5 Å². The molecule has 0 saturated heterocycles. The third kappa shape index (κ3) is 1.85. The van der Waals surface area contributed by atoms with E-state index in [1.165, 1.54) is 18.2 Å². The smallest absolute Gasteiger partial charge is 0.268 e. The van der Waals surface area contributed by atoms with Gasteiger partial charge in [0.1, 0.15) is 0 Å². The summed E-state index contributed by atoms with van der Waals surface area (Å²) in [5.41, 5.74) is 6.85. The highest BCUT2D eigenvalue weighted by Crippen LogP contribution is 2.35.